The number of quaternary nitrogens is 1. The van der Waals surface area contributed by atoms with Gasteiger partial charge in [-0.3, -0.25) is 4.48 Å². The van der Waals surface area contributed by atoms with E-state index in [1.165, 1.54) is 30.5 Å². The molecule has 5 bridgehead atoms. The molecule has 1 aromatic carbocycles. The molecule has 10 atom stereocenters. The number of rotatable bonds is 4. The van der Waals surface area contributed by atoms with Crippen LogP contribution in [0.5, 0.6) is 0 Å². The average molecular weight is 384 g/mol. The molecule has 6 aliphatic rings. The molecule has 4 saturated heterocycles. The second kappa shape index (κ2) is 5.53. The van der Waals surface area contributed by atoms with Gasteiger partial charge in [-0.1, -0.05) is 38.5 Å². The Bertz CT molecular complexity index is 814. The van der Waals surface area contributed by atoms with Gasteiger partial charge < -0.3 is 15.1 Å². The Morgan fingerprint density at radius 2 is 1.96 bits per heavy atom. The zero-order valence-electron chi connectivity index (χ0n) is 17.5. The molecule has 5 fully saturated rings. The van der Waals surface area contributed by atoms with E-state index in [-0.39, 0.29) is 17.7 Å². The zero-order valence-corrected chi connectivity index (χ0v) is 17.5. The average Bonchev–Trinajstić information content (AvgIpc) is 3.09. The van der Waals surface area contributed by atoms with Crippen molar-refractivity contribution in [1.29, 1.82) is 0 Å². The van der Waals surface area contributed by atoms with E-state index in [2.05, 4.69) is 50.1 Å². The number of para-hydroxylation sites is 1. The van der Waals surface area contributed by atoms with Crippen LogP contribution in [0.1, 0.15) is 51.5 Å². The van der Waals surface area contributed by atoms with E-state index in [4.69, 9.17) is 0 Å². The normalized spacial score (nSPS) is 52.2. The van der Waals surface area contributed by atoms with E-state index in [0.717, 1.165) is 23.9 Å². The van der Waals surface area contributed by atoms with E-state index in [1.54, 1.807) is 0 Å². The standard InChI is InChI=1S/C24H35N2O2/c1-4-6-11-26-18-12-15(14(5-2)23(26)28)20-19(26)13-24(22(20)27)16-9-7-8-10-17(16)25(3)21(18)24/h7-10,14-15,18-23,27-28H,4-6,11-13H2,1-3H3/q+1/t14-,15-,18-,19-,20-,21-,22-,23+,24+,26?/m0/s1. The maximum absolute atomic E-state index is 12.0. The number of aliphatic hydroxyl groups is 2. The molecule has 1 aliphatic carbocycles. The lowest BCUT2D eigenvalue weighted by Crippen LogP contribution is -2.83. The fraction of sp³-hybridized carbons (Fsp3) is 0.750. The van der Waals surface area contributed by atoms with Crippen LogP contribution >= 0.6 is 0 Å². The maximum atomic E-state index is 12.0. The van der Waals surface area contributed by atoms with Gasteiger partial charge in [0.2, 0.25) is 0 Å². The summed E-state index contributed by atoms with van der Waals surface area (Å²) in [7, 11) is 2.24. The number of nitrogens with zero attached hydrogens (tertiary/aromatic N) is 2. The molecule has 1 saturated carbocycles. The van der Waals surface area contributed by atoms with Crippen LogP contribution in [-0.2, 0) is 5.41 Å². The molecule has 28 heavy (non-hydrogen) atoms. The molecule has 5 aliphatic heterocycles. The lowest BCUT2D eigenvalue weighted by molar-refractivity contribution is -1.04. The van der Waals surface area contributed by atoms with E-state index in [9.17, 15) is 10.2 Å². The van der Waals surface area contributed by atoms with Gasteiger partial charge in [0.1, 0.15) is 6.04 Å². The Morgan fingerprint density at radius 3 is 2.71 bits per heavy atom. The summed E-state index contributed by atoms with van der Waals surface area (Å²) in [6, 6.07) is 10.00. The smallest absolute Gasteiger partial charge is 0.194 e. The van der Waals surface area contributed by atoms with Gasteiger partial charge in [0, 0.05) is 37.4 Å². The first kappa shape index (κ1) is 17.7. The molecule has 1 aromatic rings. The van der Waals surface area contributed by atoms with Gasteiger partial charge in [0.15, 0.2) is 6.23 Å². The first-order chi connectivity index (χ1) is 13.5. The molecule has 152 valence electrons. The van der Waals surface area contributed by atoms with Gasteiger partial charge >= 0.3 is 0 Å². The first-order valence-corrected chi connectivity index (χ1v) is 11.6. The highest BCUT2D eigenvalue weighted by Crippen LogP contribution is 2.71. The minimum atomic E-state index is -0.272. The van der Waals surface area contributed by atoms with Crippen molar-refractivity contribution in [3.63, 3.8) is 0 Å². The number of aliphatic hydroxyl groups excluding tert-OH is 2. The van der Waals surface area contributed by atoms with Gasteiger partial charge in [-0.15, -0.1) is 0 Å². The summed E-state index contributed by atoms with van der Waals surface area (Å²) in [6.45, 7) is 5.59. The van der Waals surface area contributed by atoms with Crippen LogP contribution in [0.15, 0.2) is 24.3 Å². The van der Waals surface area contributed by atoms with Crippen LogP contribution < -0.4 is 4.90 Å². The topological polar surface area (TPSA) is 43.7 Å². The minimum absolute atomic E-state index is 0.129. The van der Waals surface area contributed by atoms with Gasteiger partial charge in [0.05, 0.1) is 30.1 Å². The summed E-state index contributed by atoms with van der Waals surface area (Å²) >= 11 is 0. The molecule has 4 heteroatoms. The lowest BCUT2D eigenvalue weighted by atomic mass is 9.60. The van der Waals surface area contributed by atoms with E-state index in [0.29, 0.717) is 35.9 Å². The van der Waals surface area contributed by atoms with Crippen LogP contribution in [0.25, 0.3) is 0 Å². The monoisotopic (exact) mass is 383 g/mol. The van der Waals surface area contributed by atoms with Gasteiger partial charge in [-0.2, -0.15) is 0 Å². The van der Waals surface area contributed by atoms with Gasteiger partial charge in [-0.05, 0) is 30.4 Å². The number of anilines is 1. The summed E-state index contributed by atoms with van der Waals surface area (Å²) < 4.78 is 0.884. The highest BCUT2D eigenvalue weighted by atomic mass is 16.3. The fourth-order valence-electron chi connectivity index (χ4n) is 9.27. The molecular formula is C24H35N2O2+. The Morgan fingerprint density at radius 1 is 1.18 bits per heavy atom. The number of likely N-dealkylation sites (N-methyl/N-ethyl adjacent to an activating group) is 1. The number of hydrogen-bond acceptors (Lipinski definition) is 3. The molecule has 0 amide bonds. The summed E-state index contributed by atoms with van der Waals surface area (Å²) in [5, 5.41) is 23.7. The Labute approximate surface area is 168 Å². The first-order valence-electron chi connectivity index (χ1n) is 11.6. The molecule has 1 spiro atoms. The predicted molar refractivity (Wildman–Crippen MR) is 110 cm³/mol. The highest BCUT2D eigenvalue weighted by molar-refractivity contribution is 5.66. The van der Waals surface area contributed by atoms with Crippen molar-refractivity contribution in [2.75, 3.05) is 18.5 Å². The fourth-order valence-corrected chi connectivity index (χ4v) is 9.27. The number of benzene rings is 1. The van der Waals surface area contributed by atoms with Crippen molar-refractivity contribution >= 4 is 5.69 Å². The van der Waals surface area contributed by atoms with Gasteiger partial charge in [0.25, 0.3) is 0 Å². The van der Waals surface area contributed by atoms with Gasteiger partial charge in [-0.25, -0.2) is 0 Å². The van der Waals surface area contributed by atoms with E-state index < -0.39 is 0 Å². The van der Waals surface area contributed by atoms with Crippen LogP contribution in [0.3, 0.4) is 0 Å². The van der Waals surface area contributed by atoms with Crippen molar-refractivity contribution in [1.82, 2.24) is 0 Å². The SMILES string of the molecule is CCCC[N+]12[C@H](O)[C@@H](CC)[C@@H]3C[C@H]1[C@@H]1N(C)c4ccccc4[C@]14C[C@H]2[C@H]3[C@@H]4O. The van der Waals surface area contributed by atoms with Crippen molar-refractivity contribution in [2.45, 2.75) is 81.8 Å². The Balaban J connectivity index is 1.59. The Kier molecular flexibility index (Phi) is 3.50. The summed E-state index contributed by atoms with van der Waals surface area (Å²) in [4.78, 5) is 2.49. The van der Waals surface area contributed by atoms with Crippen molar-refractivity contribution in [2.24, 2.45) is 17.8 Å². The Hall–Kier alpha value is -1.10. The molecule has 0 radical (unpaired) electrons. The van der Waals surface area contributed by atoms with Crippen LogP contribution in [0.2, 0.25) is 0 Å². The third-order valence-electron chi connectivity index (χ3n) is 10.0. The molecule has 0 aromatic heterocycles. The van der Waals surface area contributed by atoms with Crippen LogP contribution in [-0.4, -0.2) is 58.7 Å². The van der Waals surface area contributed by atoms with Crippen molar-refractivity contribution in [3.8, 4) is 0 Å². The summed E-state index contributed by atoms with van der Waals surface area (Å²) in [5.74, 6) is 1.18. The quantitative estimate of drug-likeness (QED) is 0.786. The van der Waals surface area contributed by atoms with E-state index >= 15 is 0 Å². The van der Waals surface area contributed by atoms with Crippen LogP contribution in [0, 0.1) is 17.8 Å². The number of hydrogen-bond donors (Lipinski definition) is 2. The number of unbranched alkanes of at least 4 members (excludes halogenated alkanes) is 1. The predicted octanol–water partition coefficient (Wildman–Crippen LogP) is 2.87. The van der Waals surface area contributed by atoms with E-state index in [1.807, 2.05) is 0 Å². The molecule has 2 N–H and O–H groups in total. The second-order valence-electron chi connectivity index (χ2n) is 10.4. The minimum Gasteiger partial charge on any atom is -0.392 e. The highest BCUT2D eigenvalue weighted by Gasteiger charge is 2.82. The molecule has 7 rings (SSSR count). The molecule has 4 nitrogen and oxygen atoms in total. The lowest BCUT2D eigenvalue weighted by Gasteiger charge is -2.68. The van der Waals surface area contributed by atoms with Crippen molar-refractivity contribution < 1.29 is 14.7 Å². The second-order valence-corrected chi connectivity index (χ2v) is 10.4. The molecule has 1 unspecified atom stereocenters. The number of fused-ring (bicyclic) bond motifs is 2. The van der Waals surface area contributed by atoms with Crippen molar-refractivity contribution in [3.05, 3.63) is 29.8 Å². The third kappa shape index (κ3) is 1.61. The molecule has 5 heterocycles. The largest absolute Gasteiger partial charge is 0.392 e. The zero-order chi connectivity index (χ0) is 19.4. The number of piperidine rings is 4. The third-order valence-corrected chi connectivity index (χ3v) is 10.0. The summed E-state index contributed by atoms with van der Waals surface area (Å²) in [5.41, 5.74) is 2.56. The van der Waals surface area contributed by atoms with Crippen LogP contribution in [0.4, 0.5) is 5.69 Å². The molecular weight excluding hydrogens is 348 g/mol. The summed E-state index contributed by atoms with van der Waals surface area (Å²) in [6.07, 6.45) is 5.09. The maximum Gasteiger partial charge on any atom is 0.194 e.